The summed E-state index contributed by atoms with van der Waals surface area (Å²) in [5, 5.41) is 2.93. The fourth-order valence-electron chi connectivity index (χ4n) is 9.29. The number of carbonyl (C=O) groups excluding carboxylic acids is 1. The van der Waals surface area contributed by atoms with Gasteiger partial charge in [-0.2, -0.15) is 0 Å². The van der Waals surface area contributed by atoms with Gasteiger partial charge in [-0.25, -0.2) is 9.79 Å². The molecule has 0 saturated heterocycles. The first-order valence-corrected chi connectivity index (χ1v) is 41.0. The van der Waals surface area contributed by atoms with Gasteiger partial charge in [-0.3, -0.25) is 5.32 Å². The normalized spacial score (nSPS) is 15.7. The van der Waals surface area contributed by atoms with Crippen molar-refractivity contribution in [2.45, 2.75) is 39.4 Å². The molecule has 5 heteroatoms. The van der Waals surface area contributed by atoms with Crippen molar-refractivity contribution < 1.29 is 14.3 Å². The molecule has 2 aromatic rings. The van der Waals surface area contributed by atoms with Crippen LogP contribution in [0.2, 0.25) is 0 Å². The van der Waals surface area contributed by atoms with E-state index in [0.717, 1.165) is 16.7 Å². The van der Waals surface area contributed by atoms with Crippen molar-refractivity contribution in [3.8, 4) is 0 Å². The molecule has 0 saturated carbocycles. The number of nitrogens with zero attached hydrogens (tertiary/aromatic N) is 1. The minimum absolute atomic E-state index is 0.363. The van der Waals surface area contributed by atoms with Gasteiger partial charge in [-0.05, 0) is 44.9 Å². The molecule has 0 bridgehead atoms. The molecule has 0 spiro atoms. The van der Waals surface area contributed by atoms with Crippen LogP contribution in [0.1, 0.15) is 38.3 Å². The molecule has 1 aliphatic heterocycles. The van der Waals surface area contributed by atoms with E-state index in [4.69, 9.17) is 14.5 Å². The number of amides is 1. The maximum atomic E-state index is 13.1. The van der Waals surface area contributed by atoms with Crippen molar-refractivity contribution >= 4 is 28.8 Å². The van der Waals surface area contributed by atoms with Crippen LogP contribution in [-0.4, -0.2) is 17.4 Å². The van der Waals surface area contributed by atoms with Gasteiger partial charge in [0.1, 0.15) is 18.0 Å². The molecule has 2 aliphatic rings. The van der Waals surface area contributed by atoms with E-state index in [-0.39, 0.29) is 0 Å². The summed E-state index contributed by atoms with van der Waals surface area (Å²) < 4.78 is 12.1. The zero-order valence-electron chi connectivity index (χ0n) is 71.1. The molecule has 4 rings (SSSR count). The second kappa shape index (κ2) is 76.4. The molecule has 5 nitrogen and oxygen atoms in total. The average Bonchev–Trinajstić information content (AvgIpc) is 1.63. The molecule has 1 heterocycles. The summed E-state index contributed by atoms with van der Waals surface area (Å²) in [6.45, 7) is 5.87. The molecule has 1 amide bonds. The van der Waals surface area contributed by atoms with Gasteiger partial charge >= 0.3 is 6.09 Å². The van der Waals surface area contributed by atoms with Crippen LogP contribution in [0.5, 0.6) is 0 Å². The Bertz CT molecular complexity index is 5090. The minimum Gasteiger partial charge on any atom is -0.489 e. The van der Waals surface area contributed by atoms with Crippen LogP contribution < -0.4 is 5.32 Å². The predicted octanol–water partition coefficient (Wildman–Crippen LogP) is 32.1. The Kier molecular flexibility index (Phi) is 62.0. The first-order chi connectivity index (χ1) is 60.9. The van der Waals surface area contributed by atoms with Gasteiger partial charge in [0.2, 0.25) is 0 Å². The third kappa shape index (κ3) is 63.3. The highest BCUT2D eigenvalue weighted by molar-refractivity contribution is 6.35. The quantitative estimate of drug-likeness (QED) is 0.332. The summed E-state index contributed by atoms with van der Waals surface area (Å²) in [5.41, 5.74) is 3.94. The molecule has 0 radical (unpaired) electrons. The fourth-order valence-corrected chi connectivity index (χ4v) is 9.29. The lowest BCUT2D eigenvalue weighted by Crippen LogP contribution is -2.27. The van der Waals surface area contributed by atoms with E-state index in [1.165, 1.54) is 0 Å². The maximum absolute atomic E-state index is 13.1. The van der Waals surface area contributed by atoms with Gasteiger partial charge in [0, 0.05) is 17.2 Å². The summed E-state index contributed by atoms with van der Waals surface area (Å²) >= 11 is 0. The van der Waals surface area contributed by atoms with Gasteiger partial charge < -0.3 is 9.47 Å². The number of fused-ring (bicyclic) bond motifs is 3. The molecule has 2 aromatic carbocycles. The number of hydrogen-bond donors (Lipinski definition) is 1. The van der Waals surface area contributed by atoms with E-state index in [9.17, 15) is 4.79 Å². The molecular weight excluding hydrogens is 1490 g/mol. The lowest BCUT2D eigenvalue weighted by Gasteiger charge is -2.20. The molecule has 0 fully saturated rings. The van der Waals surface area contributed by atoms with E-state index in [2.05, 4.69) is 17.5 Å². The van der Waals surface area contributed by atoms with Gasteiger partial charge in [0.15, 0.2) is 0 Å². The molecule has 0 unspecified atom stereocenters. The summed E-state index contributed by atoms with van der Waals surface area (Å²) in [6.07, 6.45) is 192. The van der Waals surface area contributed by atoms with Crippen LogP contribution in [0.15, 0.2) is 643 Å². The molecule has 618 valence electrons. The lowest BCUT2D eigenvalue weighted by atomic mass is 10.0. The number of carbonyl (C=O) groups is 1. The number of benzene rings is 2. The second-order valence-corrected chi connectivity index (χ2v) is 26.1. The van der Waals surface area contributed by atoms with Crippen LogP contribution >= 0.6 is 0 Å². The summed E-state index contributed by atoms with van der Waals surface area (Å²) in [7, 11) is 0. The van der Waals surface area contributed by atoms with Crippen LogP contribution in [0, 0.1) is 0 Å². The lowest BCUT2D eigenvalue weighted by molar-refractivity contribution is 0.0636. The highest BCUT2D eigenvalue weighted by atomic mass is 16.6. The molecule has 1 N–H and O–H groups in total. The zero-order valence-corrected chi connectivity index (χ0v) is 71.1. The summed E-state index contributed by atoms with van der Waals surface area (Å²) in [5.74, 6) is 0.631. The number of rotatable bonds is 4. The highest BCUT2D eigenvalue weighted by Crippen LogP contribution is 2.41. The molecular formula is C118H118N2O3. The van der Waals surface area contributed by atoms with Crippen LogP contribution in [0.4, 0.5) is 16.2 Å². The monoisotopic (exact) mass is 1610 g/mol. The zero-order chi connectivity index (χ0) is 86.9. The van der Waals surface area contributed by atoms with E-state index in [0.29, 0.717) is 35.9 Å². The number of ether oxygens (including phenoxy) is 2. The fraction of sp³-hybridized carbons (Fsp3) is 0.0508. The number of anilines is 1. The van der Waals surface area contributed by atoms with E-state index in [1.54, 1.807) is 0 Å². The van der Waals surface area contributed by atoms with Crippen molar-refractivity contribution in [3.05, 3.63) is 649 Å². The topological polar surface area (TPSA) is 59.9 Å². The van der Waals surface area contributed by atoms with Crippen molar-refractivity contribution in [3.63, 3.8) is 0 Å². The maximum Gasteiger partial charge on any atom is 0.412 e. The molecule has 0 atom stereocenters. The van der Waals surface area contributed by atoms with Crippen molar-refractivity contribution in [1.29, 1.82) is 0 Å². The average molecular weight is 1610 g/mol. The number of nitrogens with one attached hydrogen (secondary N) is 1. The van der Waals surface area contributed by atoms with Crippen molar-refractivity contribution in [2.75, 3.05) is 5.32 Å². The first kappa shape index (κ1) is 99.8. The smallest absolute Gasteiger partial charge is 0.412 e. The van der Waals surface area contributed by atoms with Crippen molar-refractivity contribution in [1.82, 2.24) is 0 Å². The SMILES string of the molecule is CC(C)(C)OC(=O)Nc1cccc2c1N=C1C=C(OCc3ccccc3)C=CCC=CC=CC=CC=CC=CC=CC=CC=CC=CC=CC=CC=CC=CC=CC=CC=CC=CC=CC=CC=CC=CC=CC=CC=CC=CC=CC=CC=CC=CC=CC=CC=CC=CC=CC=CC=CC=CC=CC=CC=CC=CC=CC=CC=CC=CC=CC=C12. The highest BCUT2D eigenvalue weighted by Gasteiger charge is 2.24. The third-order valence-electron chi connectivity index (χ3n) is 15.0. The van der Waals surface area contributed by atoms with Gasteiger partial charge in [-0.1, -0.05) is 614 Å². The Labute approximate surface area is 736 Å². The summed E-state index contributed by atoms with van der Waals surface area (Å²) in [4.78, 5) is 18.2. The molecule has 1 aliphatic carbocycles. The van der Waals surface area contributed by atoms with Gasteiger partial charge in [0.25, 0.3) is 0 Å². The van der Waals surface area contributed by atoms with Crippen LogP contribution in [0.3, 0.4) is 0 Å². The van der Waals surface area contributed by atoms with Crippen LogP contribution in [0.25, 0.3) is 5.57 Å². The number of allylic oxidation sites excluding steroid dienone is 97. The van der Waals surface area contributed by atoms with E-state index in [1.807, 2.05) is 640 Å². The Hall–Kier alpha value is -15.6. The number of aliphatic imine (C=N–C) groups is 1. The first-order valence-electron chi connectivity index (χ1n) is 41.0. The largest absolute Gasteiger partial charge is 0.489 e. The Morgan fingerprint density at radius 3 is 0.764 bits per heavy atom. The number of para-hydroxylation sites is 1. The van der Waals surface area contributed by atoms with Gasteiger partial charge in [0.05, 0.1) is 17.1 Å². The second-order valence-electron chi connectivity index (χ2n) is 26.1. The molecule has 0 aromatic heterocycles. The van der Waals surface area contributed by atoms with E-state index < -0.39 is 11.7 Å². The van der Waals surface area contributed by atoms with E-state index >= 15 is 0 Å². The predicted molar refractivity (Wildman–Crippen MR) is 545 cm³/mol. The Morgan fingerprint density at radius 2 is 0.520 bits per heavy atom. The number of hydrogen-bond acceptors (Lipinski definition) is 4. The summed E-state index contributed by atoms with van der Waals surface area (Å²) in [6, 6.07) is 15.8. The van der Waals surface area contributed by atoms with Crippen LogP contribution in [-0.2, 0) is 16.1 Å². The Morgan fingerprint density at radius 1 is 0.285 bits per heavy atom. The third-order valence-corrected chi connectivity index (χ3v) is 15.0. The molecule has 123 heavy (non-hydrogen) atoms. The minimum atomic E-state index is -0.676. The standard InChI is InChI=1S/C118H118N2O3/c1-118(2,3)123-117(121)120-114-107-101-106-113-112-105-100-95-93-91-89-87-85-83-81-79-77-75-73-71-69-67-65-63-61-59-57-55-53-51-49-47-45-43-41-39-37-35-33-31-29-27-25-23-21-19-17-15-13-11-9-7-5-4-6-8-10-12-14-16-18-20-22-24-26-28-30-32-34-36-38-40-42-44-46-48-50-52-54-56-58-60-62-64-66-68-70-72-74-76-78-80-82-84-86-88-90-92-94-99-104-111(108-115(112)119-116(113)114)122-109-110-102-97-96-98-103-110/h4-93,95-108H,94,109H2,1-3H3,(H,120,121). The van der Waals surface area contributed by atoms with Crippen molar-refractivity contribution in [2.24, 2.45) is 4.99 Å². The van der Waals surface area contributed by atoms with Gasteiger partial charge in [-0.15, -0.1) is 0 Å². The Balaban J connectivity index is 1.34.